The van der Waals surface area contributed by atoms with Gasteiger partial charge in [0, 0.05) is 34.8 Å². The van der Waals surface area contributed by atoms with Crippen LogP contribution in [-0.4, -0.2) is 24.7 Å². The number of carbonyl (C=O) groups excluding carboxylic acids is 1. The maximum atomic E-state index is 12.1. The number of ether oxygens (including phenoxy) is 1. The van der Waals surface area contributed by atoms with Crippen molar-refractivity contribution in [1.82, 2.24) is 18.8 Å². The minimum atomic E-state index is -0.560. The molecule has 0 atom stereocenters. The second kappa shape index (κ2) is 6.67. The largest absolute Gasteiger partial charge is 0.456 e. The Balaban J connectivity index is 1.48. The molecule has 4 rings (SSSR count). The Hall–Kier alpha value is -2.49. The zero-order chi connectivity index (χ0) is 18.3. The molecule has 0 amide bonds. The van der Waals surface area contributed by atoms with Gasteiger partial charge < -0.3 is 4.74 Å². The first-order chi connectivity index (χ1) is 12.5. The lowest BCUT2D eigenvalue weighted by molar-refractivity contribution is -0.139. The van der Waals surface area contributed by atoms with Gasteiger partial charge in [-0.1, -0.05) is 11.6 Å². The molecule has 0 unspecified atom stereocenters. The van der Waals surface area contributed by atoms with Crippen molar-refractivity contribution in [2.45, 2.75) is 13.5 Å². The molecule has 0 aliphatic carbocycles. The predicted molar refractivity (Wildman–Crippen MR) is 101 cm³/mol. The highest BCUT2D eigenvalue weighted by Crippen LogP contribution is 2.22. The molecule has 0 aromatic carbocycles. The molecule has 0 aliphatic heterocycles. The zero-order valence-corrected chi connectivity index (χ0v) is 15.8. The van der Waals surface area contributed by atoms with Crippen molar-refractivity contribution in [3.8, 4) is 0 Å². The highest BCUT2D eigenvalue weighted by molar-refractivity contribution is 7.15. The van der Waals surface area contributed by atoms with Crippen LogP contribution in [0.1, 0.15) is 17.1 Å². The molecule has 0 bridgehead atoms. The van der Waals surface area contributed by atoms with Crippen LogP contribution in [0.5, 0.6) is 0 Å². The third kappa shape index (κ3) is 3.05. The standard InChI is InChI=1S/C16H11ClN4O3S2/c1-9-8-26-16-18-10(6-12(22)21(9)16)7-24-13(23)3-2-11-14(17)19-15-20(11)4-5-25-15/h2-6,8H,7H2,1H3/b3-2+. The maximum Gasteiger partial charge on any atom is 0.331 e. The summed E-state index contributed by atoms with van der Waals surface area (Å²) in [6.45, 7) is 1.75. The van der Waals surface area contributed by atoms with Crippen molar-refractivity contribution in [2.75, 3.05) is 0 Å². The van der Waals surface area contributed by atoms with Crippen LogP contribution in [-0.2, 0) is 16.1 Å². The fourth-order valence-corrected chi connectivity index (χ4v) is 4.34. The van der Waals surface area contributed by atoms with Crippen LogP contribution < -0.4 is 5.56 Å². The molecule has 4 aromatic rings. The summed E-state index contributed by atoms with van der Waals surface area (Å²) in [5.74, 6) is -0.560. The van der Waals surface area contributed by atoms with Crippen LogP contribution in [0.4, 0.5) is 0 Å². The molecule has 0 saturated carbocycles. The molecule has 0 N–H and O–H groups in total. The van der Waals surface area contributed by atoms with E-state index in [1.54, 1.807) is 10.5 Å². The summed E-state index contributed by atoms with van der Waals surface area (Å²) >= 11 is 8.87. The first-order valence-corrected chi connectivity index (χ1v) is 9.59. The van der Waals surface area contributed by atoms with E-state index in [2.05, 4.69) is 9.97 Å². The van der Waals surface area contributed by atoms with Gasteiger partial charge in [-0.05, 0) is 13.0 Å². The Morgan fingerprint density at radius 2 is 2.19 bits per heavy atom. The smallest absolute Gasteiger partial charge is 0.331 e. The minimum Gasteiger partial charge on any atom is -0.456 e. The average Bonchev–Trinajstić information content (AvgIpc) is 3.27. The summed E-state index contributed by atoms with van der Waals surface area (Å²) in [7, 11) is 0. The lowest BCUT2D eigenvalue weighted by Gasteiger charge is -2.02. The molecule has 0 spiro atoms. The normalized spacial score (nSPS) is 11.8. The molecule has 0 saturated heterocycles. The number of imidazole rings is 1. The van der Waals surface area contributed by atoms with E-state index in [0.717, 1.165) is 10.7 Å². The Bertz CT molecular complexity index is 1220. The second-order valence-corrected chi connectivity index (χ2v) is 7.43. The van der Waals surface area contributed by atoms with Crippen LogP contribution >= 0.6 is 34.3 Å². The minimum absolute atomic E-state index is 0.0835. The van der Waals surface area contributed by atoms with Crippen LogP contribution in [0.2, 0.25) is 5.15 Å². The highest BCUT2D eigenvalue weighted by Gasteiger charge is 2.10. The summed E-state index contributed by atoms with van der Waals surface area (Å²) in [5.41, 5.74) is 1.64. The van der Waals surface area contributed by atoms with E-state index in [1.165, 1.54) is 39.2 Å². The second-order valence-electron chi connectivity index (χ2n) is 5.37. The quantitative estimate of drug-likeness (QED) is 0.384. The monoisotopic (exact) mass is 406 g/mol. The first kappa shape index (κ1) is 17.0. The number of carbonyl (C=O) groups is 1. The van der Waals surface area contributed by atoms with E-state index in [0.29, 0.717) is 21.5 Å². The van der Waals surface area contributed by atoms with Gasteiger partial charge in [0.05, 0.1) is 11.4 Å². The van der Waals surface area contributed by atoms with Crippen molar-refractivity contribution in [2.24, 2.45) is 0 Å². The third-order valence-corrected chi connectivity index (χ3v) is 5.60. The molecular weight excluding hydrogens is 396 g/mol. The number of rotatable bonds is 4. The Labute approximate surface area is 159 Å². The SMILES string of the molecule is Cc1csc2nc(COC(=O)/C=C/c3c(Cl)nc4sccn34)cc(=O)n12. The van der Waals surface area contributed by atoms with Crippen LogP contribution in [0.15, 0.2) is 33.9 Å². The Kier molecular flexibility index (Phi) is 4.35. The van der Waals surface area contributed by atoms with Gasteiger partial charge in [0.25, 0.3) is 5.56 Å². The van der Waals surface area contributed by atoms with Crippen molar-refractivity contribution < 1.29 is 9.53 Å². The number of aryl methyl sites for hydroxylation is 1. The average molecular weight is 407 g/mol. The van der Waals surface area contributed by atoms with E-state index >= 15 is 0 Å². The molecule has 132 valence electrons. The summed E-state index contributed by atoms with van der Waals surface area (Å²) in [6, 6.07) is 1.37. The van der Waals surface area contributed by atoms with E-state index in [1.807, 2.05) is 23.9 Å². The van der Waals surface area contributed by atoms with Gasteiger partial charge in [-0.15, -0.1) is 22.7 Å². The van der Waals surface area contributed by atoms with Gasteiger partial charge in [-0.25, -0.2) is 14.8 Å². The summed E-state index contributed by atoms with van der Waals surface area (Å²) < 4.78 is 8.47. The number of nitrogens with zero attached hydrogens (tertiary/aromatic N) is 4. The van der Waals surface area contributed by atoms with Gasteiger partial charge >= 0.3 is 5.97 Å². The van der Waals surface area contributed by atoms with Crippen molar-refractivity contribution in [3.05, 3.63) is 61.7 Å². The molecule has 10 heteroatoms. The summed E-state index contributed by atoms with van der Waals surface area (Å²) in [5, 5.41) is 4.04. The molecular formula is C16H11ClN4O3S2. The van der Waals surface area contributed by atoms with Gasteiger partial charge in [-0.2, -0.15) is 0 Å². The van der Waals surface area contributed by atoms with Crippen LogP contribution in [0, 0.1) is 6.92 Å². The topological polar surface area (TPSA) is 78.0 Å². The molecule has 0 aliphatic rings. The van der Waals surface area contributed by atoms with E-state index in [4.69, 9.17) is 16.3 Å². The molecule has 0 fully saturated rings. The third-order valence-electron chi connectivity index (χ3n) is 3.62. The predicted octanol–water partition coefficient (Wildman–Crippen LogP) is 3.18. The van der Waals surface area contributed by atoms with Crippen molar-refractivity contribution >= 4 is 56.2 Å². The van der Waals surface area contributed by atoms with Crippen molar-refractivity contribution in [1.29, 1.82) is 0 Å². The fourth-order valence-electron chi connectivity index (χ4n) is 2.44. The molecule has 4 heterocycles. The van der Waals surface area contributed by atoms with Crippen molar-refractivity contribution in [3.63, 3.8) is 0 Å². The van der Waals surface area contributed by atoms with Gasteiger partial charge in [0.1, 0.15) is 6.61 Å². The summed E-state index contributed by atoms with van der Waals surface area (Å²) in [4.78, 5) is 33.9. The number of fused-ring (bicyclic) bond motifs is 2. The molecule has 7 nitrogen and oxygen atoms in total. The molecule has 26 heavy (non-hydrogen) atoms. The zero-order valence-electron chi connectivity index (χ0n) is 13.4. The number of hydrogen-bond acceptors (Lipinski definition) is 7. The number of thiazole rings is 2. The number of aromatic nitrogens is 4. The first-order valence-electron chi connectivity index (χ1n) is 7.45. The van der Waals surface area contributed by atoms with E-state index in [9.17, 15) is 9.59 Å². The lowest BCUT2D eigenvalue weighted by Crippen LogP contribution is -2.16. The number of hydrogen-bond donors (Lipinski definition) is 0. The number of halogens is 1. The Morgan fingerprint density at radius 1 is 1.35 bits per heavy atom. The van der Waals surface area contributed by atoms with Gasteiger partial charge in [0.2, 0.25) is 0 Å². The maximum absolute atomic E-state index is 12.1. The van der Waals surface area contributed by atoms with Crippen LogP contribution in [0.25, 0.3) is 16.0 Å². The fraction of sp³-hybridized carbons (Fsp3) is 0.125. The lowest BCUT2D eigenvalue weighted by atomic mass is 10.4. The molecule has 0 radical (unpaired) electrons. The summed E-state index contributed by atoms with van der Waals surface area (Å²) in [6.07, 6.45) is 4.64. The van der Waals surface area contributed by atoms with E-state index < -0.39 is 5.97 Å². The number of esters is 1. The molecule has 4 aromatic heterocycles. The van der Waals surface area contributed by atoms with Gasteiger partial charge in [0.15, 0.2) is 15.1 Å². The Morgan fingerprint density at radius 3 is 3.04 bits per heavy atom. The van der Waals surface area contributed by atoms with Crippen LogP contribution in [0.3, 0.4) is 0 Å². The van der Waals surface area contributed by atoms with Gasteiger partial charge in [-0.3, -0.25) is 13.6 Å². The van der Waals surface area contributed by atoms with E-state index in [-0.39, 0.29) is 12.2 Å². The highest BCUT2D eigenvalue weighted by atomic mass is 35.5.